The van der Waals surface area contributed by atoms with Crippen LogP contribution in [-0.2, 0) is 0 Å². The van der Waals surface area contributed by atoms with E-state index in [-0.39, 0.29) is 17.9 Å². The van der Waals surface area contributed by atoms with Gasteiger partial charge in [0.2, 0.25) is 0 Å². The van der Waals surface area contributed by atoms with Gasteiger partial charge in [-0.15, -0.1) is 0 Å². The molecule has 1 rings (SSSR count). The molecule has 0 aliphatic carbocycles. The molecule has 20 heavy (non-hydrogen) atoms. The third-order valence-electron chi connectivity index (χ3n) is 2.45. The lowest BCUT2D eigenvalue weighted by Crippen LogP contribution is -2.10. The van der Waals surface area contributed by atoms with Gasteiger partial charge in [0.05, 0.1) is 10.5 Å². The Morgan fingerprint density at radius 3 is 2.75 bits per heavy atom. The Kier molecular flexibility index (Phi) is 6.82. The quantitative estimate of drug-likeness (QED) is 0.362. The van der Waals surface area contributed by atoms with Crippen LogP contribution in [-0.4, -0.2) is 45.8 Å². The number of nitrogens with one attached hydrogen (secondary N) is 1. The topological polar surface area (TPSA) is 113 Å². The molecule has 110 valence electrons. The first-order valence-electron chi connectivity index (χ1n) is 6.00. The molecule has 0 bridgehead atoms. The normalized spacial score (nSPS) is 10.2. The molecule has 0 heterocycles. The second-order valence-corrected chi connectivity index (χ2v) is 5.13. The number of nitro groups is 1. The first-order chi connectivity index (χ1) is 9.56. The second kappa shape index (κ2) is 8.39. The van der Waals surface area contributed by atoms with Crippen LogP contribution in [0.5, 0.6) is 0 Å². The summed E-state index contributed by atoms with van der Waals surface area (Å²) in [6.07, 6.45) is 0.725. The van der Waals surface area contributed by atoms with E-state index in [1.54, 1.807) is 11.8 Å². The predicted molar refractivity (Wildman–Crippen MR) is 77.6 cm³/mol. The molecular formula is C12H16N2O5S. The minimum atomic E-state index is -1.20. The molecule has 8 heteroatoms. The van der Waals surface area contributed by atoms with E-state index in [0.717, 1.165) is 24.0 Å². The van der Waals surface area contributed by atoms with Gasteiger partial charge >= 0.3 is 5.97 Å². The summed E-state index contributed by atoms with van der Waals surface area (Å²) < 4.78 is 0. The maximum atomic E-state index is 11.1. The van der Waals surface area contributed by atoms with Crippen molar-refractivity contribution in [3.63, 3.8) is 0 Å². The molecule has 0 fully saturated rings. The fourth-order valence-corrected chi connectivity index (χ4v) is 2.29. The molecule has 1 aromatic rings. The van der Waals surface area contributed by atoms with Gasteiger partial charge in [0.15, 0.2) is 0 Å². The standard InChI is InChI=1S/C12H16N2O5S/c15-5-1-6-20-7-4-13-11-3-2-9(14(18)19)8-10(11)12(16)17/h2-3,8,13,15H,1,4-7H2,(H,16,17). The lowest BCUT2D eigenvalue weighted by atomic mass is 10.1. The highest BCUT2D eigenvalue weighted by atomic mass is 32.2. The van der Waals surface area contributed by atoms with Gasteiger partial charge in [0, 0.05) is 36.7 Å². The van der Waals surface area contributed by atoms with Crippen LogP contribution in [0.2, 0.25) is 0 Å². The van der Waals surface area contributed by atoms with E-state index >= 15 is 0 Å². The number of anilines is 1. The number of carbonyl (C=O) groups is 1. The number of aliphatic hydroxyl groups is 1. The average Bonchev–Trinajstić information content (AvgIpc) is 2.42. The Morgan fingerprint density at radius 1 is 1.40 bits per heavy atom. The van der Waals surface area contributed by atoms with Crippen molar-refractivity contribution in [1.29, 1.82) is 0 Å². The minimum Gasteiger partial charge on any atom is -0.478 e. The van der Waals surface area contributed by atoms with Crippen LogP contribution in [0.4, 0.5) is 11.4 Å². The van der Waals surface area contributed by atoms with Gasteiger partial charge in [-0.25, -0.2) is 4.79 Å². The third kappa shape index (κ3) is 5.06. The van der Waals surface area contributed by atoms with E-state index in [2.05, 4.69) is 5.32 Å². The van der Waals surface area contributed by atoms with Gasteiger partial charge in [0.25, 0.3) is 5.69 Å². The average molecular weight is 300 g/mol. The largest absolute Gasteiger partial charge is 0.478 e. The highest BCUT2D eigenvalue weighted by Crippen LogP contribution is 2.22. The van der Waals surface area contributed by atoms with Gasteiger partial charge in [-0.05, 0) is 18.2 Å². The summed E-state index contributed by atoms with van der Waals surface area (Å²) in [6, 6.07) is 3.72. The van der Waals surface area contributed by atoms with Gasteiger partial charge in [0.1, 0.15) is 0 Å². The van der Waals surface area contributed by atoms with Crippen LogP contribution in [0.15, 0.2) is 18.2 Å². The molecule has 0 aromatic heterocycles. The summed E-state index contributed by atoms with van der Waals surface area (Å²) >= 11 is 1.64. The fourth-order valence-electron chi connectivity index (χ4n) is 1.50. The van der Waals surface area contributed by atoms with Crippen LogP contribution in [0.1, 0.15) is 16.8 Å². The lowest BCUT2D eigenvalue weighted by molar-refractivity contribution is -0.384. The molecule has 3 N–H and O–H groups in total. The minimum absolute atomic E-state index is 0.112. The number of nitrogens with zero attached hydrogens (tertiary/aromatic N) is 1. The number of aliphatic hydroxyl groups excluding tert-OH is 1. The molecule has 0 radical (unpaired) electrons. The van der Waals surface area contributed by atoms with Crippen molar-refractivity contribution in [1.82, 2.24) is 0 Å². The molecule has 0 amide bonds. The molecule has 0 aliphatic heterocycles. The number of rotatable bonds is 9. The number of carboxylic acids is 1. The van der Waals surface area contributed by atoms with E-state index in [9.17, 15) is 14.9 Å². The summed E-state index contributed by atoms with van der Waals surface area (Å²) in [6.45, 7) is 0.708. The Balaban J connectivity index is 2.60. The van der Waals surface area contributed by atoms with E-state index < -0.39 is 10.9 Å². The van der Waals surface area contributed by atoms with E-state index in [1.807, 2.05) is 0 Å². The van der Waals surface area contributed by atoms with Crippen LogP contribution < -0.4 is 5.32 Å². The Hall–Kier alpha value is -1.80. The maximum Gasteiger partial charge on any atom is 0.338 e. The Bertz CT molecular complexity index is 481. The van der Waals surface area contributed by atoms with Crippen molar-refractivity contribution >= 4 is 29.1 Å². The fraction of sp³-hybridized carbons (Fsp3) is 0.417. The van der Waals surface area contributed by atoms with E-state index in [0.29, 0.717) is 12.2 Å². The van der Waals surface area contributed by atoms with Crippen molar-refractivity contribution in [2.45, 2.75) is 6.42 Å². The smallest absolute Gasteiger partial charge is 0.338 e. The summed E-state index contributed by atoms with van der Waals surface area (Å²) in [5.41, 5.74) is 0.00990. The Morgan fingerprint density at radius 2 is 2.15 bits per heavy atom. The number of benzene rings is 1. The molecule has 0 unspecified atom stereocenters. The molecule has 0 saturated heterocycles. The molecule has 0 aliphatic rings. The van der Waals surface area contributed by atoms with Crippen molar-refractivity contribution in [2.75, 3.05) is 30.0 Å². The molecular weight excluding hydrogens is 284 g/mol. The van der Waals surface area contributed by atoms with Gasteiger partial charge in [-0.1, -0.05) is 0 Å². The zero-order valence-electron chi connectivity index (χ0n) is 10.7. The van der Waals surface area contributed by atoms with Gasteiger partial charge in [-0.3, -0.25) is 10.1 Å². The molecule has 7 nitrogen and oxygen atoms in total. The maximum absolute atomic E-state index is 11.1. The summed E-state index contributed by atoms with van der Waals surface area (Å²) in [7, 11) is 0. The van der Waals surface area contributed by atoms with Crippen LogP contribution in [0, 0.1) is 10.1 Å². The molecule has 1 aromatic carbocycles. The first-order valence-corrected chi connectivity index (χ1v) is 7.16. The summed E-state index contributed by atoms with van der Waals surface area (Å²) in [5, 5.41) is 31.2. The monoisotopic (exact) mass is 300 g/mol. The van der Waals surface area contributed by atoms with Gasteiger partial charge in [-0.2, -0.15) is 11.8 Å². The summed E-state index contributed by atoms with van der Waals surface area (Å²) in [5.74, 6) is 0.393. The number of hydrogen-bond acceptors (Lipinski definition) is 6. The highest BCUT2D eigenvalue weighted by Gasteiger charge is 2.15. The number of thioether (sulfide) groups is 1. The number of aromatic carboxylic acids is 1. The third-order valence-corrected chi connectivity index (χ3v) is 3.52. The van der Waals surface area contributed by atoms with Crippen molar-refractivity contribution < 1.29 is 19.9 Å². The molecule has 0 spiro atoms. The number of non-ortho nitro benzene ring substituents is 1. The van der Waals surface area contributed by atoms with Crippen molar-refractivity contribution in [3.8, 4) is 0 Å². The molecule has 0 atom stereocenters. The van der Waals surface area contributed by atoms with Crippen LogP contribution >= 0.6 is 11.8 Å². The SMILES string of the molecule is O=C(O)c1cc([N+](=O)[O-])ccc1NCCSCCCO. The van der Waals surface area contributed by atoms with Crippen molar-refractivity contribution in [2.24, 2.45) is 0 Å². The zero-order chi connectivity index (χ0) is 15.0. The zero-order valence-corrected chi connectivity index (χ0v) is 11.6. The second-order valence-electron chi connectivity index (χ2n) is 3.91. The number of hydrogen-bond donors (Lipinski definition) is 3. The van der Waals surface area contributed by atoms with Crippen LogP contribution in [0.25, 0.3) is 0 Å². The summed E-state index contributed by atoms with van der Waals surface area (Å²) in [4.78, 5) is 21.1. The first kappa shape index (κ1) is 16.3. The number of carboxylic acid groups (broad SMARTS) is 1. The van der Waals surface area contributed by atoms with E-state index in [4.69, 9.17) is 10.2 Å². The number of nitro benzene ring substituents is 1. The molecule has 0 saturated carbocycles. The van der Waals surface area contributed by atoms with E-state index in [1.165, 1.54) is 12.1 Å². The predicted octanol–water partition coefficient (Wildman–Crippen LogP) is 1.82. The highest BCUT2D eigenvalue weighted by molar-refractivity contribution is 7.99. The van der Waals surface area contributed by atoms with Gasteiger partial charge < -0.3 is 15.5 Å². The van der Waals surface area contributed by atoms with Crippen LogP contribution in [0.3, 0.4) is 0 Å². The van der Waals surface area contributed by atoms with Crippen molar-refractivity contribution in [3.05, 3.63) is 33.9 Å². The lowest BCUT2D eigenvalue weighted by Gasteiger charge is -2.09. The Labute approximate surface area is 120 Å².